The summed E-state index contributed by atoms with van der Waals surface area (Å²) in [5, 5.41) is 5.81. The Kier molecular flexibility index (Phi) is 7.49. The maximum Gasteiger partial charge on any atom is 0.319 e. The van der Waals surface area contributed by atoms with Gasteiger partial charge in [0.15, 0.2) is 0 Å². The first-order chi connectivity index (χ1) is 14.9. The fourth-order valence-electron chi connectivity index (χ4n) is 2.85. The van der Waals surface area contributed by atoms with E-state index in [4.69, 9.17) is 11.6 Å². The van der Waals surface area contributed by atoms with Gasteiger partial charge in [0.1, 0.15) is 5.82 Å². The molecule has 2 N–H and O–H groups in total. The quantitative estimate of drug-likeness (QED) is 0.469. The lowest BCUT2D eigenvalue weighted by Gasteiger charge is -2.24. The van der Waals surface area contributed by atoms with Crippen LogP contribution in [0.3, 0.4) is 0 Å². The highest BCUT2D eigenvalue weighted by atomic mass is 35.5. The molecule has 2 amide bonds. The second-order valence-electron chi connectivity index (χ2n) is 6.61. The molecule has 0 radical (unpaired) electrons. The Labute approximate surface area is 185 Å². The molecule has 0 aliphatic carbocycles. The van der Waals surface area contributed by atoms with E-state index in [1.165, 1.54) is 52.8 Å². The van der Waals surface area contributed by atoms with Crippen LogP contribution in [0.4, 0.5) is 20.6 Å². The molecule has 0 spiro atoms. The summed E-state index contributed by atoms with van der Waals surface area (Å²) in [5.74, 6) is -0.466. The molecule has 6 nitrogen and oxygen atoms in total. The number of carbonyl (C=O) groups is 1. The molecule has 31 heavy (non-hydrogen) atoms. The number of urea groups is 1. The van der Waals surface area contributed by atoms with E-state index in [0.29, 0.717) is 22.8 Å². The van der Waals surface area contributed by atoms with Crippen LogP contribution in [-0.4, -0.2) is 27.5 Å². The third-order valence-electron chi connectivity index (χ3n) is 4.37. The highest BCUT2D eigenvalue weighted by Crippen LogP contribution is 2.25. The molecule has 0 atom stereocenters. The molecule has 3 aromatic rings. The van der Waals surface area contributed by atoms with Crippen LogP contribution in [0.1, 0.15) is 6.42 Å². The van der Waals surface area contributed by atoms with Gasteiger partial charge in [-0.3, -0.25) is 4.31 Å². The first-order valence-corrected chi connectivity index (χ1v) is 11.3. The second kappa shape index (κ2) is 10.3. The Morgan fingerprint density at radius 2 is 1.58 bits per heavy atom. The van der Waals surface area contributed by atoms with E-state index in [9.17, 15) is 17.6 Å². The van der Waals surface area contributed by atoms with E-state index in [2.05, 4.69) is 10.6 Å². The van der Waals surface area contributed by atoms with E-state index < -0.39 is 15.8 Å². The maximum absolute atomic E-state index is 13.4. The molecular formula is C22H21ClFN3O3S. The smallest absolute Gasteiger partial charge is 0.319 e. The van der Waals surface area contributed by atoms with Crippen LogP contribution >= 0.6 is 11.6 Å². The van der Waals surface area contributed by atoms with Crippen molar-refractivity contribution in [2.45, 2.75) is 11.3 Å². The van der Waals surface area contributed by atoms with E-state index in [0.717, 1.165) is 0 Å². The topological polar surface area (TPSA) is 78.5 Å². The Balaban J connectivity index is 1.68. The van der Waals surface area contributed by atoms with Crippen molar-refractivity contribution in [1.29, 1.82) is 0 Å². The Morgan fingerprint density at radius 1 is 0.935 bits per heavy atom. The largest absolute Gasteiger partial charge is 0.338 e. The molecule has 0 saturated heterocycles. The highest BCUT2D eigenvalue weighted by molar-refractivity contribution is 7.92. The van der Waals surface area contributed by atoms with Gasteiger partial charge in [-0.2, -0.15) is 0 Å². The van der Waals surface area contributed by atoms with Crippen LogP contribution in [0.25, 0.3) is 0 Å². The number of para-hydroxylation sites is 1. The van der Waals surface area contributed by atoms with Gasteiger partial charge >= 0.3 is 6.03 Å². The highest BCUT2D eigenvalue weighted by Gasteiger charge is 2.24. The molecule has 0 heterocycles. The monoisotopic (exact) mass is 461 g/mol. The molecule has 0 bridgehead atoms. The fraction of sp³-hybridized carbons (Fsp3) is 0.136. The van der Waals surface area contributed by atoms with Crippen LogP contribution in [0, 0.1) is 5.82 Å². The van der Waals surface area contributed by atoms with E-state index in [1.807, 2.05) is 6.07 Å². The predicted octanol–water partition coefficient (Wildman–Crippen LogP) is 4.89. The number of hydrogen-bond donors (Lipinski definition) is 2. The minimum Gasteiger partial charge on any atom is -0.338 e. The van der Waals surface area contributed by atoms with Crippen molar-refractivity contribution in [1.82, 2.24) is 5.32 Å². The summed E-state index contributed by atoms with van der Waals surface area (Å²) in [6, 6.07) is 19.6. The number of sulfonamides is 1. The van der Waals surface area contributed by atoms with Gasteiger partial charge in [-0.1, -0.05) is 29.8 Å². The van der Waals surface area contributed by atoms with Crippen LogP contribution in [0.2, 0.25) is 5.02 Å². The van der Waals surface area contributed by atoms with E-state index in [1.54, 1.807) is 24.3 Å². The number of halogens is 2. The zero-order valence-corrected chi connectivity index (χ0v) is 18.0. The third-order valence-corrected chi connectivity index (χ3v) is 6.46. The summed E-state index contributed by atoms with van der Waals surface area (Å²) >= 11 is 5.87. The molecule has 0 saturated carbocycles. The Bertz CT molecular complexity index is 1110. The first-order valence-electron chi connectivity index (χ1n) is 9.50. The maximum atomic E-state index is 13.4. The van der Waals surface area contributed by atoms with Crippen LogP contribution in [0.5, 0.6) is 0 Å². The van der Waals surface area contributed by atoms with Gasteiger partial charge in [-0.25, -0.2) is 17.6 Å². The molecule has 0 aromatic heterocycles. The van der Waals surface area contributed by atoms with E-state index >= 15 is 0 Å². The molecule has 0 unspecified atom stereocenters. The zero-order chi connectivity index (χ0) is 22.3. The SMILES string of the molecule is O=C(NCCCN(c1ccc(F)cc1)S(=O)(=O)c1ccc(Cl)cc1)Nc1ccccc1. The van der Waals surface area contributed by atoms with Crippen molar-refractivity contribution in [3.8, 4) is 0 Å². The number of anilines is 2. The number of amides is 2. The molecule has 9 heteroatoms. The van der Waals surface area contributed by atoms with Crippen molar-refractivity contribution in [3.05, 3.63) is 89.7 Å². The Hall–Kier alpha value is -3.10. The minimum atomic E-state index is -3.91. The first kappa shape index (κ1) is 22.6. The van der Waals surface area contributed by atoms with Crippen molar-refractivity contribution in [2.75, 3.05) is 22.7 Å². The number of carbonyl (C=O) groups excluding carboxylic acids is 1. The minimum absolute atomic E-state index is 0.0657. The lowest BCUT2D eigenvalue weighted by molar-refractivity contribution is 0.252. The second-order valence-corrected chi connectivity index (χ2v) is 8.91. The summed E-state index contributed by atoms with van der Waals surface area (Å²) in [5.41, 5.74) is 0.975. The Morgan fingerprint density at radius 3 is 2.23 bits per heavy atom. The van der Waals surface area contributed by atoms with Gasteiger partial charge in [-0.05, 0) is 67.1 Å². The molecule has 0 fully saturated rings. The average Bonchev–Trinajstić information content (AvgIpc) is 2.75. The lowest BCUT2D eigenvalue weighted by atomic mass is 10.3. The van der Waals surface area contributed by atoms with Crippen molar-refractivity contribution in [2.24, 2.45) is 0 Å². The number of rotatable bonds is 8. The summed E-state index contributed by atoms with van der Waals surface area (Å²) in [4.78, 5) is 12.1. The zero-order valence-electron chi connectivity index (χ0n) is 16.5. The number of hydrogen-bond acceptors (Lipinski definition) is 3. The molecule has 3 aromatic carbocycles. The summed E-state index contributed by atoms with van der Waals surface area (Å²) < 4.78 is 40.9. The predicted molar refractivity (Wildman–Crippen MR) is 120 cm³/mol. The molecular weight excluding hydrogens is 441 g/mol. The van der Waals surface area contributed by atoms with Gasteiger partial charge in [0.05, 0.1) is 10.6 Å². The van der Waals surface area contributed by atoms with Gasteiger partial charge < -0.3 is 10.6 Å². The molecule has 162 valence electrons. The van der Waals surface area contributed by atoms with Crippen molar-refractivity contribution in [3.63, 3.8) is 0 Å². The van der Waals surface area contributed by atoms with Gasteiger partial charge in [-0.15, -0.1) is 0 Å². The van der Waals surface area contributed by atoms with Crippen molar-refractivity contribution < 1.29 is 17.6 Å². The summed E-state index contributed by atoms with van der Waals surface area (Å²) in [6.45, 7) is 0.328. The van der Waals surface area contributed by atoms with Crippen LogP contribution in [0.15, 0.2) is 83.8 Å². The third kappa shape index (κ3) is 6.19. The van der Waals surface area contributed by atoms with Gasteiger partial charge in [0, 0.05) is 23.8 Å². The number of nitrogens with zero attached hydrogens (tertiary/aromatic N) is 1. The summed E-state index contributed by atoms with van der Waals surface area (Å²) in [7, 11) is -3.91. The average molecular weight is 462 g/mol. The van der Waals surface area contributed by atoms with Crippen LogP contribution < -0.4 is 14.9 Å². The lowest BCUT2D eigenvalue weighted by Crippen LogP contribution is -2.35. The standard InChI is InChI=1S/C22H21ClFN3O3S/c23-17-7-13-21(14-8-17)31(29,30)27(20-11-9-18(24)10-12-20)16-4-15-25-22(28)26-19-5-2-1-3-6-19/h1-3,5-14H,4,15-16H2,(H2,25,26,28). The molecule has 3 rings (SSSR count). The molecule has 0 aliphatic rings. The normalized spacial score (nSPS) is 11.0. The van der Waals surface area contributed by atoms with Crippen LogP contribution in [-0.2, 0) is 10.0 Å². The number of benzene rings is 3. The number of nitrogens with one attached hydrogen (secondary N) is 2. The van der Waals surface area contributed by atoms with E-state index in [-0.39, 0.29) is 24.0 Å². The van der Waals surface area contributed by atoms with Crippen molar-refractivity contribution >= 4 is 39.0 Å². The summed E-state index contributed by atoms with van der Waals surface area (Å²) in [6.07, 6.45) is 0.340. The van der Waals surface area contributed by atoms with Gasteiger partial charge in [0.2, 0.25) is 0 Å². The van der Waals surface area contributed by atoms with Gasteiger partial charge in [0.25, 0.3) is 10.0 Å². The molecule has 0 aliphatic heterocycles. The fourth-order valence-corrected chi connectivity index (χ4v) is 4.48.